The molecule has 4 nitrogen and oxygen atoms in total. The van der Waals surface area contributed by atoms with Gasteiger partial charge in [0.2, 0.25) is 0 Å². The van der Waals surface area contributed by atoms with Crippen LogP contribution >= 0.6 is 0 Å². The van der Waals surface area contributed by atoms with Crippen molar-refractivity contribution in [3.8, 4) is 11.5 Å². The molecule has 3 rings (SSSR count). The van der Waals surface area contributed by atoms with Crippen molar-refractivity contribution < 1.29 is 14.3 Å². The average molecular weight is 257 g/mol. The molecule has 1 amide bonds. The van der Waals surface area contributed by atoms with Crippen molar-refractivity contribution in [3.63, 3.8) is 0 Å². The molecule has 0 aliphatic carbocycles. The molecule has 1 heterocycles. The number of ether oxygens (including phenoxy) is 2. The SMILES string of the molecule is COc1ccccc1C(N)=O.c1ccc2c(c1)CO2. The second kappa shape index (κ2) is 5.91. The van der Waals surface area contributed by atoms with E-state index in [2.05, 4.69) is 6.07 Å². The highest BCUT2D eigenvalue weighted by Crippen LogP contribution is 2.27. The van der Waals surface area contributed by atoms with E-state index >= 15 is 0 Å². The molecule has 0 saturated carbocycles. The van der Waals surface area contributed by atoms with Gasteiger partial charge in [0, 0.05) is 5.56 Å². The van der Waals surface area contributed by atoms with Gasteiger partial charge in [0.1, 0.15) is 18.1 Å². The van der Waals surface area contributed by atoms with Crippen molar-refractivity contribution in [1.82, 2.24) is 0 Å². The van der Waals surface area contributed by atoms with Crippen molar-refractivity contribution in [1.29, 1.82) is 0 Å². The molecule has 0 spiro atoms. The summed E-state index contributed by atoms with van der Waals surface area (Å²) in [7, 11) is 1.50. The Balaban J connectivity index is 0.000000146. The highest BCUT2D eigenvalue weighted by Gasteiger charge is 2.10. The van der Waals surface area contributed by atoms with Gasteiger partial charge in [-0.15, -0.1) is 0 Å². The van der Waals surface area contributed by atoms with Crippen LogP contribution in [-0.4, -0.2) is 13.0 Å². The fraction of sp³-hybridized carbons (Fsp3) is 0.133. The summed E-state index contributed by atoms with van der Waals surface area (Å²) >= 11 is 0. The first-order chi connectivity index (χ1) is 9.22. The molecule has 0 radical (unpaired) electrons. The van der Waals surface area contributed by atoms with Gasteiger partial charge < -0.3 is 15.2 Å². The minimum atomic E-state index is -0.470. The van der Waals surface area contributed by atoms with E-state index in [1.807, 2.05) is 18.2 Å². The summed E-state index contributed by atoms with van der Waals surface area (Å²) < 4.78 is 9.98. The fourth-order valence-electron chi connectivity index (χ4n) is 1.69. The molecule has 1 aliphatic rings. The first kappa shape index (κ1) is 13.0. The zero-order valence-corrected chi connectivity index (χ0v) is 10.6. The van der Waals surface area contributed by atoms with Crippen molar-refractivity contribution >= 4 is 5.91 Å². The van der Waals surface area contributed by atoms with Crippen LogP contribution < -0.4 is 15.2 Å². The third-order valence-corrected chi connectivity index (χ3v) is 2.73. The monoisotopic (exact) mass is 257 g/mol. The molecular formula is C15H15NO3. The molecule has 4 heteroatoms. The smallest absolute Gasteiger partial charge is 0.252 e. The molecule has 0 saturated heterocycles. The molecule has 2 aromatic carbocycles. The predicted octanol–water partition coefficient (Wildman–Crippen LogP) is 2.37. The van der Waals surface area contributed by atoms with Crippen LogP contribution in [0.3, 0.4) is 0 Å². The van der Waals surface area contributed by atoms with E-state index in [4.69, 9.17) is 15.2 Å². The minimum absolute atomic E-state index is 0.412. The lowest BCUT2D eigenvalue weighted by Crippen LogP contribution is -2.11. The van der Waals surface area contributed by atoms with Gasteiger partial charge in [0.15, 0.2) is 0 Å². The molecule has 0 atom stereocenters. The van der Waals surface area contributed by atoms with E-state index in [1.54, 1.807) is 24.3 Å². The molecule has 0 fully saturated rings. The number of para-hydroxylation sites is 2. The lowest BCUT2D eigenvalue weighted by molar-refractivity contribution is 0.0997. The zero-order chi connectivity index (χ0) is 13.7. The van der Waals surface area contributed by atoms with Gasteiger partial charge in [0.05, 0.1) is 12.7 Å². The summed E-state index contributed by atoms with van der Waals surface area (Å²) in [6.45, 7) is 0.802. The Morgan fingerprint density at radius 2 is 1.84 bits per heavy atom. The summed E-state index contributed by atoms with van der Waals surface area (Å²) in [6, 6.07) is 14.9. The van der Waals surface area contributed by atoms with Gasteiger partial charge >= 0.3 is 0 Å². The number of carbonyl (C=O) groups excluding carboxylic acids is 1. The Bertz CT molecular complexity index is 558. The summed E-state index contributed by atoms with van der Waals surface area (Å²) in [5.74, 6) is 1.09. The van der Waals surface area contributed by atoms with Gasteiger partial charge in [-0.05, 0) is 18.2 Å². The van der Waals surface area contributed by atoms with E-state index in [0.717, 1.165) is 12.4 Å². The lowest BCUT2D eigenvalue weighted by atomic mass is 10.1. The van der Waals surface area contributed by atoms with E-state index in [0.29, 0.717) is 11.3 Å². The number of carbonyl (C=O) groups is 1. The van der Waals surface area contributed by atoms with E-state index in [1.165, 1.54) is 12.7 Å². The maximum Gasteiger partial charge on any atom is 0.252 e. The first-order valence-corrected chi connectivity index (χ1v) is 5.86. The first-order valence-electron chi connectivity index (χ1n) is 5.86. The van der Waals surface area contributed by atoms with Gasteiger partial charge in [-0.25, -0.2) is 0 Å². The largest absolute Gasteiger partial charge is 0.496 e. The Morgan fingerprint density at radius 1 is 1.16 bits per heavy atom. The number of benzene rings is 2. The third kappa shape index (κ3) is 3.04. The highest BCUT2D eigenvalue weighted by molar-refractivity contribution is 5.95. The number of fused-ring (bicyclic) bond motifs is 1. The quantitative estimate of drug-likeness (QED) is 0.898. The van der Waals surface area contributed by atoms with Gasteiger partial charge in [0.25, 0.3) is 5.91 Å². The van der Waals surface area contributed by atoms with Gasteiger partial charge in [-0.1, -0.05) is 30.3 Å². The number of primary amides is 1. The van der Waals surface area contributed by atoms with Crippen LogP contribution in [0.1, 0.15) is 15.9 Å². The predicted molar refractivity (Wildman–Crippen MR) is 72.3 cm³/mol. The van der Waals surface area contributed by atoms with Crippen LogP contribution in [0.25, 0.3) is 0 Å². The molecule has 98 valence electrons. The Kier molecular flexibility index (Phi) is 4.03. The second-order valence-electron chi connectivity index (χ2n) is 3.96. The van der Waals surface area contributed by atoms with Crippen LogP contribution in [0, 0.1) is 0 Å². The fourth-order valence-corrected chi connectivity index (χ4v) is 1.69. The van der Waals surface area contributed by atoms with Crippen LogP contribution in [0.4, 0.5) is 0 Å². The molecule has 0 aromatic heterocycles. The second-order valence-corrected chi connectivity index (χ2v) is 3.96. The molecule has 0 bridgehead atoms. The Hall–Kier alpha value is -2.49. The molecule has 2 N–H and O–H groups in total. The summed E-state index contributed by atoms with van der Waals surface area (Å²) in [6.07, 6.45) is 0. The van der Waals surface area contributed by atoms with Crippen LogP contribution in [0.15, 0.2) is 48.5 Å². The van der Waals surface area contributed by atoms with Crippen LogP contribution in [0.2, 0.25) is 0 Å². The highest BCUT2D eigenvalue weighted by atomic mass is 16.5. The third-order valence-electron chi connectivity index (χ3n) is 2.73. The van der Waals surface area contributed by atoms with Crippen LogP contribution in [-0.2, 0) is 6.61 Å². The van der Waals surface area contributed by atoms with E-state index in [-0.39, 0.29) is 0 Å². The summed E-state index contributed by atoms with van der Waals surface area (Å²) in [5.41, 5.74) is 6.81. The number of hydrogen-bond acceptors (Lipinski definition) is 3. The van der Waals surface area contributed by atoms with Crippen molar-refractivity contribution in [3.05, 3.63) is 59.7 Å². The minimum Gasteiger partial charge on any atom is -0.496 e. The normalized spacial score (nSPS) is 11.0. The molecule has 1 aliphatic heterocycles. The maximum absolute atomic E-state index is 10.7. The Morgan fingerprint density at radius 3 is 2.26 bits per heavy atom. The Labute approximate surface area is 111 Å². The van der Waals surface area contributed by atoms with E-state index in [9.17, 15) is 4.79 Å². The van der Waals surface area contributed by atoms with Gasteiger partial charge in [-0.3, -0.25) is 4.79 Å². The summed E-state index contributed by atoms with van der Waals surface area (Å²) in [4.78, 5) is 10.7. The van der Waals surface area contributed by atoms with Crippen LogP contribution in [0.5, 0.6) is 11.5 Å². The molecule has 0 unspecified atom stereocenters. The zero-order valence-electron chi connectivity index (χ0n) is 10.6. The number of rotatable bonds is 2. The number of nitrogens with two attached hydrogens (primary N) is 1. The lowest BCUT2D eigenvalue weighted by Gasteiger charge is -2.18. The number of amides is 1. The molecule has 19 heavy (non-hydrogen) atoms. The van der Waals surface area contributed by atoms with E-state index < -0.39 is 5.91 Å². The number of methoxy groups -OCH3 is 1. The number of hydrogen-bond donors (Lipinski definition) is 1. The van der Waals surface area contributed by atoms with Crippen molar-refractivity contribution in [2.24, 2.45) is 5.73 Å². The topological polar surface area (TPSA) is 61.5 Å². The van der Waals surface area contributed by atoms with Crippen molar-refractivity contribution in [2.45, 2.75) is 6.61 Å². The summed E-state index contributed by atoms with van der Waals surface area (Å²) in [5, 5.41) is 0. The molecular weight excluding hydrogens is 242 g/mol. The standard InChI is InChI=1S/C8H9NO2.C7H6O/c1-11-7-5-3-2-4-6(7)8(9)10;1-2-4-7-6(3-1)5-8-7/h2-5H,1H3,(H2,9,10);1-4H,5H2. The van der Waals surface area contributed by atoms with Gasteiger partial charge in [-0.2, -0.15) is 0 Å². The molecule has 2 aromatic rings. The van der Waals surface area contributed by atoms with Crippen molar-refractivity contribution in [2.75, 3.05) is 7.11 Å². The maximum atomic E-state index is 10.7. The average Bonchev–Trinajstić information content (AvgIpc) is 2.41.